The summed E-state index contributed by atoms with van der Waals surface area (Å²) in [6.07, 6.45) is 0.264. The first-order valence-corrected chi connectivity index (χ1v) is 4.74. The van der Waals surface area contributed by atoms with Gasteiger partial charge in [-0.25, -0.2) is 5.01 Å². The van der Waals surface area contributed by atoms with Gasteiger partial charge in [-0.1, -0.05) is 12.1 Å². The van der Waals surface area contributed by atoms with Crippen LogP contribution in [-0.2, 0) is 4.79 Å². The highest BCUT2D eigenvalue weighted by molar-refractivity contribution is 5.96. The van der Waals surface area contributed by atoms with Crippen molar-refractivity contribution in [2.75, 3.05) is 10.3 Å². The smallest absolute Gasteiger partial charge is 0.226 e. The van der Waals surface area contributed by atoms with Crippen LogP contribution < -0.4 is 10.3 Å². The molecule has 78 valence electrons. The maximum Gasteiger partial charge on any atom is 0.226 e. The van der Waals surface area contributed by atoms with Gasteiger partial charge in [0.15, 0.2) is 0 Å². The van der Waals surface area contributed by atoms with E-state index in [9.17, 15) is 9.70 Å². The number of para-hydroxylation sites is 2. The van der Waals surface area contributed by atoms with Crippen LogP contribution in [0.2, 0.25) is 0 Å². The van der Waals surface area contributed by atoms with Crippen LogP contribution in [0.3, 0.4) is 0 Å². The quantitative estimate of drug-likeness (QED) is 0.712. The first-order valence-electron chi connectivity index (χ1n) is 4.74. The van der Waals surface area contributed by atoms with Crippen molar-refractivity contribution < 1.29 is 4.79 Å². The van der Waals surface area contributed by atoms with Gasteiger partial charge >= 0.3 is 0 Å². The number of carbonyl (C=O) groups excluding carboxylic acids is 1. The standard InChI is InChI=1S/C10H11N3O2/c1-7-6-10(14)11-8-4-2-3-5-9(8)13(7)12-15/h2-5,7H,6H2,1H3,(H,11,14)/t7-/m1/s1. The summed E-state index contributed by atoms with van der Waals surface area (Å²) in [5.74, 6) is -0.0962. The van der Waals surface area contributed by atoms with Gasteiger partial charge in [0.1, 0.15) is 0 Å². The zero-order valence-electron chi connectivity index (χ0n) is 8.30. The van der Waals surface area contributed by atoms with Crippen molar-refractivity contribution in [1.82, 2.24) is 0 Å². The molecule has 1 N–H and O–H groups in total. The number of rotatable bonds is 1. The second-order valence-corrected chi connectivity index (χ2v) is 3.54. The van der Waals surface area contributed by atoms with Gasteiger partial charge < -0.3 is 5.32 Å². The fraction of sp³-hybridized carbons (Fsp3) is 0.300. The molecule has 15 heavy (non-hydrogen) atoms. The van der Waals surface area contributed by atoms with E-state index in [0.29, 0.717) is 11.4 Å². The Bertz CT molecular complexity index is 405. The summed E-state index contributed by atoms with van der Waals surface area (Å²) in [5.41, 5.74) is 1.28. The Morgan fingerprint density at radius 2 is 2.20 bits per heavy atom. The number of benzene rings is 1. The number of nitrogens with zero attached hydrogens (tertiary/aromatic N) is 2. The predicted molar refractivity (Wildman–Crippen MR) is 57.4 cm³/mol. The topological polar surface area (TPSA) is 61.8 Å². The van der Waals surface area contributed by atoms with Crippen molar-refractivity contribution in [2.24, 2.45) is 5.29 Å². The van der Waals surface area contributed by atoms with Crippen LogP contribution in [0.1, 0.15) is 13.3 Å². The lowest BCUT2D eigenvalue weighted by atomic mass is 10.2. The van der Waals surface area contributed by atoms with Gasteiger partial charge in [0.2, 0.25) is 5.91 Å². The predicted octanol–water partition coefficient (Wildman–Crippen LogP) is 1.91. The highest BCUT2D eigenvalue weighted by Gasteiger charge is 2.25. The molecule has 1 amide bonds. The highest BCUT2D eigenvalue weighted by atomic mass is 16.3. The lowest BCUT2D eigenvalue weighted by molar-refractivity contribution is -0.116. The molecule has 1 aromatic carbocycles. The first-order chi connectivity index (χ1) is 7.22. The van der Waals surface area contributed by atoms with E-state index >= 15 is 0 Å². The Balaban J connectivity index is 2.50. The summed E-state index contributed by atoms with van der Waals surface area (Å²) < 4.78 is 0. The van der Waals surface area contributed by atoms with E-state index in [1.54, 1.807) is 31.2 Å². The molecule has 1 aromatic rings. The Morgan fingerprint density at radius 1 is 1.47 bits per heavy atom. The van der Waals surface area contributed by atoms with Gasteiger partial charge in [0.25, 0.3) is 0 Å². The van der Waals surface area contributed by atoms with E-state index in [1.807, 2.05) is 0 Å². The third-order valence-electron chi connectivity index (χ3n) is 2.41. The fourth-order valence-electron chi connectivity index (χ4n) is 1.70. The average Bonchev–Trinajstić information content (AvgIpc) is 2.32. The summed E-state index contributed by atoms with van der Waals surface area (Å²) in [6, 6.07) is 6.91. The van der Waals surface area contributed by atoms with E-state index in [0.717, 1.165) is 0 Å². The summed E-state index contributed by atoms with van der Waals surface area (Å²) in [6.45, 7) is 1.79. The SMILES string of the molecule is C[C@@H]1CC(=O)Nc2ccccc2N1N=O. The molecule has 2 rings (SSSR count). The van der Waals surface area contributed by atoms with Crippen LogP contribution in [0.15, 0.2) is 29.6 Å². The second kappa shape index (κ2) is 3.68. The first kappa shape index (κ1) is 9.64. The van der Waals surface area contributed by atoms with Crippen molar-refractivity contribution in [3.63, 3.8) is 0 Å². The van der Waals surface area contributed by atoms with Crippen molar-refractivity contribution in [3.8, 4) is 0 Å². The number of hydrogen-bond donors (Lipinski definition) is 1. The third kappa shape index (κ3) is 1.68. The van der Waals surface area contributed by atoms with Crippen LogP contribution in [0.4, 0.5) is 11.4 Å². The molecule has 0 saturated carbocycles. The molecular formula is C10H11N3O2. The average molecular weight is 205 g/mol. The van der Waals surface area contributed by atoms with Crippen LogP contribution in [-0.4, -0.2) is 11.9 Å². The molecule has 0 fully saturated rings. The van der Waals surface area contributed by atoms with Crippen molar-refractivity contribution >= 4 is 17.3 Å². The molecule has 0 saturated heterocycles. The van der Waals surface area contributed by atoms with Gasteiger partial charge in [0.05, 0.1) is 22.7 Å². The molecule has 0 unspecified atom stereocenters. The Morgan fingerprint density at radius 3 is 2.93 bits per heavy atom. The lowest BCUT2D eigenvalue weighted by Crippen LogP contribution is -2.28. The molecule has 1 atom stereocenters. The largest absolute Gasteiger partial charge is 0.324 e. The Hall–Kier alpha value is -1.91. The molecule has 0 bridgehead atoms. The van der Waals surface area contributed by atoms with Crippen molar-refractivity contribution in [2.45, 2.75) is 19.4 Å². The van der Waals surface area contributed by atoms with Gasteiger partial charge in [-0.3, -0.25) is 4.79 Å². The van der Waals surface area contributed by atoms with Gasteiger partial charge in [0, 0.05) is 6.42 Å². The number of nitrogens with one attached hydrogen (secondary N) is 1. The maximum atomic E-state index is 11.4. The highest BCUT2D eigenvalue weighted by Crippen LogP contribution is 2.30. The molecule has 0 aromatic heterocycles. The number of hydrogen-bond acceptors (Lipinski definition) is 3. The number of fused-ring (bicyclic) bond motifs is 1. The molecule has 1 aliphatic rings. The monoisotopic (exact) mass is 205 g/mol. The van der Waals surface area contributed by atoms with Crippen LogP contribution in [0.5, 0.6) is 0 Å². The molecular weight excluding hydrogens is 194 g/mol. The normalized spacial score (nSPS) is 20.2. The van der Waals surface area contributed by atoms with Crippen LogP contribution >= 0.6 is 0 Å². The van der Waals surface area contributed by atoms with E-state index in [1.165, 1.54) is 5.01 Å². The molecule has 1 heterocycles. The zero-order chi connectivity index (χ0) is 10.8. The number of amides is 1. The lowest BCUT2D eigenvalue weighted by Gasteiger charge is -2.20. The van der Waals surface area contributed by atoms with Crippen molar-refractivity contribution in [1.29, 1.82) is 0 Å². The molecule has 5 nitrogen and oxygen atoms in total. The Labute approximate surface area is 87.0 Å². The minimum Gasteiger partial charge on any atom is -0.324 e. The fourth-order valence-corrected chi connectivity index (χ4v) is 1.70. The van der Waals surface area contributed by atoms with Crippen molar-refractivity contribution in [3.05, 3.63) is 29.2 Å². The van der Waals surface area contributed by atoms with E-state index in [-0.39, 0.29) is 18.4 Å². The maximum absolute atomic E-state index is 11.4. The van der Waals surface area contributed by atoms with Gasteiger partial charge in [-0.2, -0.15) is 0 Å². The number of nitroso groups, excluding NO2 is 1. The molecule has 5 heteroatoms. The third-order valence-corrected chi connectivity index (χ3v) is 2.41. The summed E-state index contributed by atoms with van der Waals surface area (Å²) in [4.78, 5) is 22.2. The van der Waals surface area contributed by atoms with E-state index in [2.05, 4.69) is 10.6 Å². The molecule has 0 spiro atoms. The minimum atomic E-state index is -0.217. The van der Waals surface area contributed by atoms with E-state index < -0.39 is 0 Å². The summed E-state index contributed by atoms with van der Waals surface area (Å²) in [7, 11) is 0. The summed E-state index contributed by atoms with van der Waals surface area (Å²) in [5, 5.41) is 7.02. The second-order valence-electron chi connectivity index (χ2n) is 3.54. The number of anilines is 2. The zero-order valence-corrected chi connectivity index (χ0v) is 8.30. The van der Waals surface area contributed by atoms with Crippen LogP contribution in [0.25, 0.3) is 0 Å². The molecule has 0 radical (unpaired) electrons. The Kier molecular flexibility index (Phi) is 2.37. The van der Waals surface area contributed by atoms with Crippen LogP contribution in [0, 0.1) is 4.91 Å². The van der Waals surface area contributed by atoms with E-state index in [4.69, 9.17) is 0 Å². The molecule has 0 aliphatic carbocycles. The summed E-state index contributed by atoms with van der Waals surface area (Å²) >= 11 is 0. The van der Waals surface area contributed by atoms with Gasteiger partial charge in [-0.05, 0) is 19.1 Å². The molecule has 1 aliphatic heterocycles. The number of carbonyl (C=O) groups is 1. The van der Waals surface area contributed by atoms with Gasteiger partial charge in [-0.15, -0.1) is 4.91 Å². The minimum absolute atomic E-state index is 0.0962.